The van der Waals surface area contributed by atoms with Crippen LogP contribution in [0.1, 0.15) is 18.5 Å². The molecule has 1 aliphatic rings. The topological polar surface area (TPSA) is 81.3 Å². The fourth-order valence-electron chi connectivity index (χ4n) is 4.18. The van der Waals surface area contributed by atoms with E-state index in [1.165, 1.54) is 6.33 Å². The molecule has 0 amide bonds. The van der Waals surface area contributed by atoms with Crippen LogP contribution in [0.3, 0.4) is 0 Å². The van der Waals surface area contributed by atoms with Crippen molar-refractivity contribution in [2.75, 3.05) is 20.8 Å². The van der Waals surface area contributed by atoms with E-state index in [9.17, 15) is 0 Å². The van der Waals surface area contributed by atoms with Crippen molar-refractivity contribution in [2.45, 2.75) is 25.8 Å². The van der Waals surface area contributed by atoms with Gasteiger partial charge in [-0.1, -0.05) is 0 Å². The number of aromatic nitrogens is 3. The molecule has 1 saturated carbocycles. The Kier molecular flexibility index (Phi) is 6.58. The minimum absolute atomic E-state index is 0. The summed E-state index contributed by atoms with van der Waals surface area (Å²) < 4.78 is 32.5. The monoisotopic (exact) mass is 472 g/mol. The molecule has 0 unspecified atom stereocenters. The van der Waals surface area contributed by atoms with Gasteiger partial charge in [-0.05, 0) is 57.0 Å². The maximum Gasteiger partial charge on any atom is 0.230 e. The summed E-state index contributed by atoms with van der Waals surface area (Å²) in [5.41, 5.74) is 2.23. The number of aryl methyl sites for hydroxylation is 1. The van der Waals surface area contributed by atoms with E-state index in [1.54, 1.807) is 31.4 Å². The number of nitrogens with one attached hydrogen (secondary N) is 2. The first-order valence-corrected chi connectivity index (χ1v) is 10.6. The van der Waals surface area contributed by atoms with Crippen LogP contribution in [0, 0.1) is 18.7 Å². The molecule has 5 rings (SSSR count). The van der Waals surface area contributed by atoms with E-state index in [-0.39, 0.29) is 24.0 Å². The van der Waals surface area contributed by atoms with Gasteiger partial charge in [0.05, 0.1) is 24.6 Å². The number of H-pyrrole nitrogens is 1. The SMILES string of the molecule is CN[C@H]1C[C@H](COc2cc3ncnc(Oc4ccc5[nH]c(C)cc5c4F)c3cc2OC)C1.Cl. The van der Waals surface area contributed by atoms with Crippen molar-refractivity contribution in [3.05, 3.63) is 48.2 Å². The molecule has 4 aromatic rings. The van der Waals surface area contributed by atoms with Crippen molar-refractivity contribution >= 4 is 34.2 Å². The van der Waals surface area contributed by atoms with Gasteiger partial charge in [0.25, 0.3) is 0 Å². The van der Waals surface area contributed by atoms with E-state index in [2.05, 4.69) is 20.3 Å². The van der Waals surface area contributed by atoms with Crippen LogP contribution in [-0.2, 0) is 0 Å². The number of halogens is 2. The number of methoxy groups -OCH3 is 1. The van der Waals surface area contributed by atoms with Crippen molar-refractivity contribution in [2.24, 2.45) is 5.92 Å². The van der Waals surface area contributed by atoms with Gasteiger partial charge in [-0.25, -0.2) is 14.4 Å². The molecule has 2 N–H and O–H groups in total. The zero-order valence-corrected chi connectivity index (χ0v) is 19.5. The average Bonchev–Trinajstić information content (AvgIpc) is 3.15. The Labute approximate surface area is 197 Å². The smallest absolute Gasteiger partial charge is 0.230 e. The van der Waals surface area contributed by atoms with Crippen LogP contribution in [0.4, 0.5) is 4.39 Å². The zero-order valence-electron chi connectivity index (χ0n) is 18.6. The summed E-state index contributed by atoms with van der Waals surface area (Å²) in [6.45, 7) is 2.50. The Morgan fingerprint density at radius 1 is 1.09 bits per heavy atom. The van der Waals surface area contributed by atoms with Gasteiger partial charge in [-0.2, -0.15) is 0 Å². The largest absolute Gasteiger partial charge is 0.493 e. The molecular formula is C24H26ClFN4O3. The molecule has 2 aromatic carbocycles. The van der Waals surface area contributed by atoms with E-state index < -0.39 is 5.82 Å². The van der Waals surface area contributed by atoms with Gasteiger partial charge >= 0.3 is 0 Å². The standard InChI is InChI=1S/C24H25FN4O3.ClH/c1-13-6-16-18(29-13)4-5-20(23(16)25)32-24-17-9-21(30-3)22(10-19(17)27-12-28-24)31-11-14-7-15(8-14)26-2;/h4-6,9-10,12,14-15,26,29H,7-8,11H2,1-3H3;1H/t14-,15-;. The first kappa shape index (κ1) is 23.1. The summed E-state index contributed by atoms with van der Waals surface area (Å²) in [6, 6.07) is 9.29. The third-order valence-electron chi connectivity index (χ3n) is 6.05. The summed E-state index contributed by atoms with van der Waals surface area (Å²) in [4.78, 5) is 11.7. The Balaban J connectivity index is 0.00000259. The molecule has 7 nitrogen and oxygen atoms in total. The van der Waals surface area contributed by atoms with Crippen LogP contribution in [0.2, 0.25) is 0 Å². The summed E-state index contributed by atoms with van der Waals surface area (Å²) in [5.74, 6) is 1.60. The maximum absolute atomic E-state index is 15.0. The van der Waals surface area contributed by atoms with Crippen LogP contribution >= 0.6 is 12.4 Å². The molecule has 174 valence electrons. The number of fused-ring (bicyclic) bond motifs is 2. The number of rotatable bonds is 7. The number of benzene rings is 2. The molecule has 1 fully saturated rings. The second kappa shape index (κ2) is 9.41. The van der Waals surface area contributed by atoms with Crippen LogP contribution in [0.25, 0.3) is 21.8 Å². The first-order valence-electron chi connectivity index (χ1n) is 10.6. The molecule has 0 bridgehead atoms. The molecule has 0 atom stereocenters. The quantitative estimate of drug-likeness (QED) is 0.387. The van der Waals surface area contributed by atoms with Crippen molar-refractivity contribution < 1.29 is 18.6 Å². The van der Waals surface area contributed by atoms with Gasteiger partial charge in [0, 0.05) is 28.7 Å². The zero-order chi connectivity index (χ0) is 22.2. The molecule has 1 aliphatic carbocycles. The van der Waals surface area contributed by atoms with E-state index in [1.807, 2.05) is 20.0 Å². The lowest BCUT2D eigenvalue weighted by molar-refractivity contribution is 0.142. The highest BCUT2D eigenvalue weighted by molar-refractivity contribution is 5.87. The highest BCUT2D eigenvalue weighted by Gasteiger charge is 2.28. The number of nitrogens with zero attached hydrogens (tertiary/aromatic N) is 2. The van der Waals surface area contributed by atoms with Crippen LogP contribution in [0.5, 0.6) is 23.1 Å². The Morgan fingerprint density at radius 3 is 2.67 bits per heavy atom. The van der Waals surface area contributed by atoms with Gasteiger partial charge in [-0.3, -0.25) is 0 Å². The molecule has 0 saturated heterocycles. The minimum atomic E-state index is -0.439. The molecular weight excluding hydrogens is 447 g/mol. The van der Waals surface area contributed by atoms with E-state index >= 15 is 4.39 Å². The summed E-state index contributed by atoms with van der Waals surface area (Å²) >= 11 is 0. The van der Waals surface area contributed by atoms with Crippen molar-refractivity contribution in [1.82, 2.24) is 20.3 Å². The lowest BCUT2D eigenvalue weighted by atomic mass is 9.81. The predicted octanol–water partition coefficient (Wildman–Crippen LogP) is 5.16. The third-order valence-corrected chi connectivity index (χ3v) is 6.05. The molecule has 33 heavy (non-hydrogen) atoms. The highest BCUT2D eigenvalue weighted by atomic mass is 35.5. The second-order valence-electron chi connectivity index (χ2n) is 8.23. The third kappa shape index (κ3) is 4.41. The fraction of sp³-hybridized carbons (Fsp3) is 0.333. The predicted molar refractivity (Wildman–Crippen MR) is 127 cm³/mol. The van der Waals surface area contributed by atoms with Gasteiger partial charge in [-0.15, -0.1) is 12.4 Å². The Bertz CT molecular complexity index is 1290. The summed E-state index contributed by atoms with van der Waals surface area (Å²) in [5, 5.41) is 4.36. The molecule has 2 heterocycles. The van der Waals surface area contributed by atoms with Crippen LogP contribution in [-0.4, -0.2) is 41.8 Å². The van der Waals surface area contributed by atoms with E-state index in [0.717, 1.165) is 24.1 Å². The number of hydrogen-bond donors (Lipinski definition) is 2. The molecule has 0 spiro atoms. The number of hydrogen-bond acceptors (Lipinski definition) is 6. The van der Waals surface area contributed by atoms with Crippen LogP contribution < -0.4 is 19.5 Å². The van der Waals surface area contributed by atoms with Gasteiger partial charge in [0.15, 0.2) is 23.1 Å². The van der Waals surface area contributed by atoms with E-state index in [0.29, 0.717) is 46.4 Å². The fourth-order valence-corrected chi connectivity index (χ4v) is 4.18. The second-order valence-corrected chi connectivity index (χ2v) is 8.23. The average molecular weight is 473 g/mol. The van der Waals surface area contributed by atoms with Crippen molar-refractivity contribution in [3.63, 3.8) is 0 Å². The van der Waals surface area contributed by atoms with Crippen molar-refractivity contribution in [1.29, 1.82) is 0 Å². The van der Waals surface area contributed by atoms with Gasteiger partial charge < -0.3 is 24.5 Å². The highest BCUT2D eigenvalue weighted by Crippen LogP contribution is 2.38. The van der Waals surface area contributed by atoms with Crippen molar-refractivity contribution in [3.8, 4) is 23.1 Å². The molecule has 0 radical (unpaired) electrons. The molecule has 0 aliphatic heterocycles. The van der Waals surface area contributed by atoms with Gasteiger partial charge in [0.2, 0.25) is 5.88 Å². The Morgan fingerprint density at radius 2 is 1.91 bits per heavy atom. The lowest BCUT2D eigenvalue weighted by Crippen LogP contribution is -2.41. The number of ether oxygens (including phenoxy) is 3. The maximum atomic E-state index is 15.0. The molecule has 2 aromatic heterocycles. The number of aromatic amines is 1. The van der Waals surface area contributed by atoms with Gasteiger partial charge in [0.1, 0.15) is 6.33 Å². The van der Waals surface area contributed by atoms with Crippen LogP contribution in [0.15, 0.2) is 36.7 Å². The van der Waals surface area contributed by atoms with E-state index in [4.69, 9.17) is 14.2 Å². The normalized spacial score (nSPS) is 17.5. The summed E-state index contributed by atoms with van der Waals surface area (Å²) in [7, 11) is 3.57. The lowest BCUT2D eigenvalue weighted by Gasteiger charge is -2.34. The first-order chi connectivity index (χ1) is 15.6. The summed E-state index contributed by atoms with van der Waals surface area (Å²) in [6.07, 6.45) is 3.60. The minimum Gasteiger partial charge on any atom is -0.493 e. The Hall–Kier alpha value is -3.10. The molecule has 9 heteroatoms.